The average Bonchev–Trinajstić information content (AvgIpc) is 3.12. The number of aryl methyl sites for hydroxylation is 2. The molecule has 0 bridgehead atoms. The van der Waals surface area contributed by atoms with Crippen molar-refractivity contribution in [2.24, 2.45) is 0 Å². The lowest BCUT2D eigenvalue weighted by molar-refractivity contribution is -0.116. The molecule has 1 aliphatic heterocycles. The molecule has 4 rings (SSSR count). The number of hydrogen-bond acceptors (Lipinski definition) is 6. The number of carbonyl (C=O) groups excluding carboxylic acids is 1. The van der Waals surface area contributed by atoms with Gasteiger partial charge in [-0.1, -0.05) is 6.07 Å². The minimum Gasteiger partial charge on any atom is -0.378 e. The molecule has 0 unspecified atom stereocenters. The zero-order chi connectivity index (χ0) is 19.5. The van der Waals surface area contributed by atoms with Crippen molar-refractivity contribution in [2.45, 2.75) is 19.8 Å². The highest BCUT2D eigenvalue weighted by atomic mass is 19.1. The minimum atomic E-state index is -0.346. The van der Waals surface area contributed by atoms with E-state index in [-0.39, 0.29) is 18.1 Å². The van der Waals surface area contributed by atoms with Gasteiger partial charge in [0.25, 0.3) is 0 Å². The van der Waals surface area contributed by atoms with E-state index in [1.807, 2.05) is 12.1 Å². The molecule has 1 saturated heterocycles. The van der Waals surface area contributed by atoms with Crippen LogP contribution in [0.15, 0.2) is 30.3 Å². The van der Waals surface area contributed by atoms with E-state index in [2.05, 4.69) is 25.5 Å². The van der Waals surface area contributed by atoms with Crippen LogP contribution in [0.2, 0.25) is 0 Å². The number of fused-ring (bicyclic) bond motifs is 1. The van der Waals surface area contributed by atoms with Crippen molar-refractivity contribution in [1.29, 1.82) is 0 Å². The van der Waals surface area contributed by atoms with Crippen LogP contribution in [0.4, 0.5) is 15.9 Å². The van der Waals surface area contributed by atoms with Gasteiger partial charge < -0.3 is 15.0 Å². The molecule has 1 aliphatic rings. The third-order valence-electron chi connectivity index (χ3n) is 4.68. The molecule has 3 aromatic rings. The third kappa shape index (κ3) is 3.94. The highest BCUT2D eigenvalue weighted by Gasteiger charge is 2.15. The highest BCUT2D eigenvalue weighted by Crippen LogP contribution is 2.16. The van der Waals surface area contributed by atoms with E-state index in [9.17, 15) is 9.18 Å². The molecule has 0 saturated carbocycles. The Morgan fingerprint density at radius 1 is 1.21 bits per heavy atom. The molecule has 0 aliphatic carbocycles. The van der Waals surface area contributed by atoms with E-state index in [1.165, 1.54) is 6.07 Å². The largest absolute Gasteiger partial charge is 0.378 e. The molecule has 2 aromatic heterocycles. The van der Waals surface area contributed by atoms with Crippen LogP contribution in [-0.4, -0.2) is 52.0 Å². The molecular weight excluding hydrogens is 363 g/mol. The summed E-state index contributed by atoms with van der Waals surface area (Å²) < 4.78 is 20.7. The molecule has 1 N–H and O–H groups in total. The summed E-state index contributed by atoms with van der Waals surface area (Å²) in [6.45, 7) is 4.59. The predicted molar refractivity (Wildman–Crippen MR) is 102 cm³/mol. The van der Waals surface area contributed by atoms with Crippen LogP contribution in [0.5, 0.6) is 0 Å². The quantitative estimate of drug-likeness (QED) is 0.724. The monoisotopic (exact) mass is 384 g/mol. The standard InChI is InChI=1S/C19H21FN6O2/c1-13-2-3-14(12-15(13)20)21-19(27)7-6-17-23-22-16-4-5-18(24-26(16)17)25-8-10-28-11-9-25/h2-5,12H,6-11H2,1H3,(H,21,27). The first-order valence-corrected chi connectivity index (χ1v) is 9.20. The Morgan fingerprint density at radius 2 is 2.04 bits per heavy atom. The number of benzene rings is 1. The van der Waals surface area contributed by atoms with E-state index in [1.54, 1.807) is 23.6 Å². The van der Waals surface area contributed by atoms with Gasteiger partial charge in [0.05, 0.1) is 13.2 Å². The van der Waals surface area contributed by atoms with E-state index in [0.29, 0.717) is 42.4 Å². The Labute approximate surface area is 161 Å². The number of aromatic nitrogens is 4. The molecule has 0 atom stereocenters. The topological polar surface area (TPSA) is 84.7 Å². The van der Waals surface area contributed by atoms with Crippen molar-refractivity contribution in [3.05, 3.63) is 47.5 Å². The van der Waals surface area contributed by atoms with Crippen molar-refractivity contribution in [1.82, 2.24) is 19.8 Å². The fourth-order valence-corrected chi connectivity index (χ4v) is 3.06. The average molecular weight is 384 g/mol. The maximum atomic E-state index is 13.6. The number of anilines is 2. The van der Waals surface area contributed by atoms with Gasteiger partial charge in [-0.25, -0.2) is 4.39 Å². The first kappa shape index (κ1) is 18.3. The van der Waals surface area contributed by atoms with Gasteiger partial charge in [0.15, 0.2) is 11.5 Å². The number of ether oxygens (including phenoxy) is 1. The molecule has 8 nitrogen and oxygen atoms in total. The summed E-state index contributed by atoms with van der Waals surface area (Å²) in [6, 6.07) is 8.41. The number of carbonyl (C=O) groups is 1. The SMILES string of the molecule is Cc1ccc(NC(=O)CCc2nnc3ccc(N4CCOCC4)nn23)cc1F. The maximum Gasteiger partial charge on any atom is 0.224 e. The van der Waals surface area contributed by atoms with Crippen LogP contribution < -0.4 is 10.2 Å². The number of amides is 1. The van der Waals surface area contributed by atoms with Crippen molar-refractivity contribution in [2.75, 3.05) is 36.5 Å². The molecule has 9 heteroatoms. The predicted octanol–water partition coefficient (Wildman–Crippen LogP) is 1.98. The molecule has 146 valence electrons. The number of nitrogens with zero attached hydrogens (tertiary/aromatic N) is 5. The first-order valence-electron chi connectivity index (χ1n) is 9.20. The zero-order valence-electron chi connectivity index (χ0n) is 15.6. The van der Waals surface area contributed by atoms with E-state index < -0.39 is 0 Å². The normalized spacial score (nSPS) is 14.4. The van der Waals surface area contributed by atoms with Gasteiger partial charge in [0.2, 0.25) is 5.91 Å². The van der Waals surface area contributed by atoms with E-state index in [0.717, 1.165) is 18.9 Å². The van der Waals surface area contributed by atoms with Crippen LogP contribution in [-0.2, 0) is 16.0 Å². The molecule has 1 aromatic carbocycles. The van der Waals surface area contributed by atoms with Gasteiger partial charge in [-0.05, 0) is 36.8 Å². The summed E-state index contributed by atoms with van der Waals surface area (Å²) >= 11 is 0. The third-order valence-corrected chi connectivity index (χ3v) is 4.68. The van der Waals surface area contributed by atoms with Gasteiger partial charge >= 0.3 is 0 Å². The summed E-state index contributed by atoms with van der Waals surface area (Å²) in [6.07, 6.45) is 0.570. The van der Waals surface area contributed by atoms with Gasteiger partial charge in [-0.2, -0.15) is 4.52 Å². The molecule has 28 heavy (non-hydrogen) atoms. The van der Waals surface area contributed by atoms with Crippen LogP contribution in [0.25, 0.3) is 5.65 Å². The second-order valence-corrected chi connectivity index (χ2v) is 6.69. The summed E-state index contributed by atoms with van der Waals surface area (Å²) in [5.41, 5.74) is 1.61. The van der Waals surface area contributed by atoms with Crippen LogP contribution in [0, 0.1) is 12.7 Å². The molecule has 0 radical (unpaired) electrons. The summed E-state index contributed by atoms with van der Waals surface area (Å²) in [5.74, 6) is 0.872. The molecule has 3 heterocycles. The highest BCUT2D eigenvalue weighted by molar-refractivity contribution is 5.90. The Kier molecular flexibility index (Phi) is 5.16. The second kappa shape index (κ2) is 7.89. The smallest absolute Gasteiger partial charge is 0.224 e. The minimum absolute atomic E-state index is 0.194. The summed E-state index contributed by atoms with van der Waals surface area (Å²) in [5, 5.41) is 15.6. The zero-order valence-corrected chi connectivity index (χ0v) is 15.6. The summed E-state index contributed by atoms with van der Waals surface area (Å²) in [4.78, 5) is 14.4. The number of rotatable bonds is 5. The lowest BCUT2D eigenvalue weighted by Crippen LogP contribution is -2.37. The number of hydrogen-bond donors (Lipinski definition) is 1. The van der Waals surface area contributed by atoms with Gasteiger partial charge in [0, 0.05) is 31.6 Å². The Bertz CT molecular complexity index is 999. The molecule has 1 fully saturated rings. The Balaban J connectivity index is 1.43. The second-order valence-electron chi connectivity index (χ2n) is 6.69. The van der Waals surface area contributed by atoms with Crippen molar-refractivity contribution >= 4 is 23.1 Å². The van der Waals surface area contributed by atoms with Crippen molar-refractivity contribution < 1.29 is 13.9 Å². The van der Waals surface area contributed by atoms with Crippen LogP contribution in [0.3, 0.4) is 0 Å². The molecule has 0 spiro atoms. The van der Waals surface area contributed by atoms with Crippen molar-refractivity contribution in [3.63, 3.8) is 0 Å². The van der Waals surface area contributed by atoms with Crippen molar-refractivity contribution in [3.8, 4) is 0 Å². The van der Waals surface area contributed by atoms with Gasteiger partial charge in [-0.15, -0.1) is 15.3 Å². The fourth-order valence-electron chi connectivity index (χ4n) is 3.06. The van der Waals surface area contributed by atoms with Gasteiger partial charge in [-0.3, -0.25) is 4.79 Å². The van der Waals surface area contributed by atoms with E-state index >= 15 is 0 Å². The maximum absolute atomic E-state index is 13.6. The lowest BCUT2D eigenvalue weighted by atomic mass is 10.2. The number of morpholine rings is 1. The number of halogens is 1. The van der Waals surface area contributed by atoms with Crippen LogP contribution in [0.1, 0.15) is 17.8 Å². The molecule has 1 amide bonds. The Morgan fingerprint density at radius 3 is 2.82 bits per heavy atom. The first-order chi connectivity index (χ1) is 13.6. The van der Waals surface area contributed by atoms with Gasteiger partial charge in [0.1, 0.15) is 11.6 Å². The number of nitrogens with one attached hydrogen (secondary N) is 1. The Hall–Kier alpha value is -3.07. The van der Waals surface area contributed by atoms with Crippen LogP contribution >= 0.6 is 0 Å². The molecular formula is C19H21FN6O2. The fraction of sp³-hybridized carbons (Fsp3) is 0.368. The lowest BCUT2D eigenvalue weighted by Gasteiger charge is -2.27. The summed E-state index contributed by atoms with van der Waals surface area (Å²) in [7, 11) is 0. The van der Waals surface area contributed by atoms with E-state index in [4.69, 9.17) is 4.74 Å².